The van der Waals surface area contributed by atoms with Crippen LogP contribution in [0.3, 0.4) is 0 Å². The van der Waals surface area contributed by atoms with Crippen LogP contribution in [0.15, 0.2) is 0 Å². The minimum atomic E-state index is -1.07. The van der Waals surface area contributed by atoms with Gasteiger partial charge >= 0.3 is 5.97 Å². The summed E-state index contributed by atoms with van der Waals surface area (Å²) >= 11 is 0. The van der Waals surface area contributed by atoms with E-state index >= 15 is 0 Å². The average molecular weight is 244 g/mol. The zero-order chi connectivity index (χ0) is 12.9. The van der Waals surface area contributed by atoms with Crippen LogP contribution in [0.1, 0.15) is 19.8 Å². The van der Waals surface area contributed by atoms with Crippen molar-refractivity contribution in [3.63, 3.8) is 0 Å². The molecular formula is C11H20N2O4. The number of aliphatic carboxylic acids is 1. The van der Waals surface area contributed by atoms with Gasteiger partial charge < -0.3 is 20.5 Å². The number of carboxylic acids is 1. The molecule has 0 aromatic heterocycles. The summed E-state index contributed by atoms with van der Waals surface area (Å²) < 4.78 is 4.76. The number of hydrogen-bond donors (Lipinski definition) is 3. The van der Waals surface area contributed by atoms with Crippen LogP contribution in [-0.4, -0.2) is 49.8 Å². The van der Waals surface area contributed by atoms with E-state index in [1.165, 1.54) is 7.11 Å². The third kappa shape index (κ3) is 3.17. The van der Waals surface area contributed by atoms with Gasteiger partial charge in [-0.15, -0.1) is 0 Å². The quantitative estimate of drug-likeness (QED) is 0.591. The second kappa shape index (κ2) is 5.97. The summed E-state index contributed by atoms with van der Waals surface area (Å²) in [5, 5.41) is 14.6. The molecule has 6 heteroatoms. The van der Waals surface area contributed by atoms with Crippen molar-refractivity contribution in [1.82, 2.24) is 10.6 Å². The van der Waals surface area contributed by atoms with Crippen molar-refractivity contribution in [2.24, 2.45) is 5.41 Å². The van der Waals surface area contributed by atoms with Gasteiger partial charge in [0.1, 0.15) is 0 Å². The van der Waals surface area contributed by atoms with Gasteiger partial charge in [-0.3, -0.25) is 4.79 Å². The van der Waals surface area contributed by atoms with Crippen LogP contribution in [0.5, 0.6) is 0 Å². The molecule has 3 N–H and O–H groups in total. The van der Waals surface area contributed by atoms with Crippen molar-refractivity contribution >= 4 is 11.9 Å². The predicted octanol–water partition coefficient (Wildman–Crippen LogP) is -0.408. The first kappa shape index (κ1) is 13.9. The standard InChI is InChI=1S/C11H20N2O4/c1-3-11(4-5-12-7-11)10(16)13-6-8(17-2)9(14)15/h8,12H,3-7H2,1-2H3,(H,13,16)(H,14,15). The molecule has 98 valence electrons. The van der Waals surface area contributed by atoms with Crippen LogP contribution in [-0.2, 0) is 14.3 Å². The molecular weight excluding hydrogens is 224 g/mol. The maximum Gasteiger partial charge on any atom is 0.334 e. The highest BCUT2D eigenvalue weighted by molar-refractivity contribution is 5.84. The number of carbonyl (C=O) groups excluding carboxylic acids is 1. The Morgan fingerprint density at radius 1 is 1.59 bits per heavy atom. The molecule has 6 nitrogen and oxygen atoms in total. The molecule has 2 atom stereocenters. The largest absolute Gasteiger partial charge is 0.479 e. The van der Waals surface area contributed by atoms with Gasteiger partial charge in [-0.05, 0) is 19.4 Å². The number of amides is 1. The second-order valence-corrected chi connectivity index (χ2v) is 4.33. The molecule has 0 aliphatic carbocycles. The summed E-state index contributed by atoms with van der Waals surface area (Å²) in [7, 11) is 1.32. The van der Waals surface area contributed by atoms with Crippen molar-refractivity contribution < 1.29 is 19.4 Å². The highest BCUT2D eigenvalue weighted by Gasteiger charge is 2.39. The van der Waals surface area contributed by atoms with Crippen LogP contribution < -0.4 is 10.6 Å². The Bertz CT molecular complexity index is 287. The number of rotatable bonds is 6. The minimum Gasteiger partial charge on any atom is -0.479 e. The fraction of sp³-hybridized carbons (Fsp3) is 0.818. The summed E-state index contributed by atoms with van der Waals surface area (Å²) in [6, 6.07) is 0. The SMILES string of the molecule is CCC1(C(=O)NCC(OC)C(=O)O)CCNC1. The number of carbonyl (C=O) groups is 2. The summed E-state index contributed by atoms with van der Waals surface area (Å²) in [6.45, 7) is 3.46. The van der Waals surface area contributed by atoms with Gasteiger partial charge in [-0.2, -0.15) is 0 Å². The lowest BCUT2D eigenvalue weighted by Gasteiger charge is -2.25. The number of nitrogens with one attached hydrogen (secondary N) is 2. The third-order valence-corrected chi connectivity index (χ3v) is 3.41. The lowest BCUT2D eigenvalue weighted by Crippen LogP contribution is -2.46. The number of carboxylic acid groups (broad SMARTS) is 1. The van der Waals surface area contributed by atoms with E-state index in [1.807, 2.05) is 6.92 Å². The molecule has 1 saturated heterocycles. The maximum absolute atomic E-state index is 12.0. The fourth-order valence-electron chi connectivity index (χ4n) is 2.04. The highest BCUT2D eigenvalue weighted by atomic mass is 16.5. The van der Waals surface area contributed by atoms with Gasteiger partial charge in [0.05, 0.1) is 12.0 Å². The van der Waals surface area contributed by atoms with E-state index < -0.39 is 17.5 Å². The third-order valence-electron chi connectivity index (χ3n) is 3.41. The summed E-state index contributed by atoms with van der Waals surface area (Å²) in [5.74, 6) is -1.16. The van der Waals surface area contributed by atoms with Crippen LogP contribution in [0.4, 0.5) is 0 Å². The molecule has 2 unspecified atom stereocenters. The molecule has 0 spiro atoms. The van der Waals surface area contributed by atoms with Gasteiger partial charge in [-0.1, -0.05) is 6.92 Å². The molecule has 1 fully saturated rings. The minimum absolute atomic E-state index is 0.00637. The lowest BCUT2D eigenvalue weighted by atomic mass is 9.83. The van der Waals surface area contributed by atoms with E-state index in [0.29, 0.717) is 6.54 Å². The Morgan fingerprint density at radius 3 is 2.71 bits per heavy atom. The second-order valence-electron chi connectivity index (χ2n) is 4.33. The highest BCUT2D eigenvalue weighted by Crippen LogP contribution is 2.29. The van der Waals surface area contributed by atoms with Gasteiger partial charge in [0.25, 0.3) is 0 Å². The monoisotopic (exact) mass is 244 g/mol. The molecule has 17 heavy (non-hydrogen) atoms. The van der Waals surface area contributed by atoms with E-state index in [0.717, 1.165) is 19.4 Å². The van der Waals surface area contributed by atoms with E-state index in [2.05, 4.69) is 10.6 Å². The van der Waals surface area contributed by atoms with Crippen LogP contribution in [0.2, 0.25) is 0 Å². The Hall–Kier alpha value is -1.14. The maximum atomic E-state index is 12.0. The molecule has 0 aromatic rings. The summed E-state index contributed by atoms with van der Waals surface area (Å²) in [5.41, 5.74) is -0.392. The molecule has 0 bridgehead atoms. The lowest BCUT2D eigenvalue weighted by molar-refractivity contribution is -0.148. The topological polar surface area (TPSA) is 87.7 Å². The van der Waals surface area contributed by atoms with Gasteiger partial charge in [-0.25, -0.2) is 4.79 Å². The molecule has 0 aromatic carbocycles. The zero-order valence-electron chi connectivity index (χ0n) is 10.3. The van der Waals surface area contributed by atoms with Crippen LogP contribution in [0.25, 0.3) is 0 Å². The van der Waals surface area contributed by atoms with Crippen LogP contribution in [0, 0.1) is 5.41 Å². The molecule has 1 heterocycles. The Kier molecular flexibility index (Phi) is 4.89. The van der Waals surface area contributed by atoms with Gasteiger partial charge in [0.2, 0.25) is 5.91 Å². The van der Waals surface area contributed by atoms with Gasteiger partial charge in [0.15, 0.2) is 6.10 Å². The first-order valence-corrected chi connectivity index (χ1v) is 5.80. The van der Waals surface area contributed by atoms with Crippen molar-refractivity contribution in [3.05, 3.63) is 0 Å². The number of methoxy groups -OCH3 is 1. The molecule has 1 aliphatic heterocycles. The van der Waals surface area contributed by atoms with Crippen molar-refractivity contribution in [2.45, 2.75) is 25.9 Å². The van der Waals surface area contributed by atoms with E-state index in [1.54, 1.807) is 0 Å². The Morgan fingerprint density at radius 2 is 2.29 bits per heavy atom. The predicted molar refractivity (Wildman–Crippen MR) is 61.7 cm³/mol. The first-order valence-electron chi connectivity index (χ1n) is 5.80. The average Bonchev–Trinajstić information content (AvgIpc) is 2.79. The summed E-state index contributed by atoms with van der Waals surface area (Å²) in [4.78, 5) is 22.8. The Labute approximate surface area is 101 Å². The molecule has 0 radical (unpaired) electrons. The molecule has 1 amide bonds. The van der Waals surface area contributed by atoms with E-state index in [4.69, 9.17) is 9.84 Å². The first-order chi connectivity index (χ1) is 8.05. The normalized spacial score (nSPS) is 25.5. The van der Waals surface area contributed by atoms with Crippen molar-refractivity contribution in [3.8, 4) is 0 Å². The smallest absolute Gasteiger partial charge is 0.334 e. The zero-order valence-corrected chi connectivity index (χ0v) is 10.3. The van der Waals surface area contributed by atoms with Crippen molar-refractivity contribution in [2.75, 3.05) is 26.7 Å². The van der Waals surface area contributed by atoms with E-state index in [-0.39, 0.29) is 12.5 Å². The van der Waals surface area contributed by atoms with Gasteiger partial charge in [0, 0.05) is 13.7 Å². The van der Waals surface area contributed by atoms with E-state index in [9.17, 15) is 9.59 Å². The van der Waals surface area contributed by atoms with Crippen molar-refractivity contribution in [1.29, 1.82) is 0 Å². The molecule has 1 rings (SSSR count). The fourth-order valence-corrected chi connectivity index (χ4v) is 2.04. The number of ether oxygens (including phenoxy) is 1. The summed E-state index contributed by atoms with van der Waals surface area (Å²) in [6.07, 6.45) is 0.554. The molecule has 1 aliphatic rings. The Balaban J connectivity index is 2.51. The molecule has 0 saturated carbocycles. The number of hydrogen-bond acceptors (Lipinski definition) is 4. The van der Waals surface area contributed by atoms with Crippen LogP contribution >= 0.6 is 0 Å².